The quantitative estimate of drug-likeness (QED) is 0.0437. The molecule has 6 aromatic carbocycles. The van der Waals surface area contributed by atoms with Crippen LogP contribution < -0.4 is 10.6 Å². The zero-order chi connectivity index (χ0) is 60.2. The van der Waals surface area contributed by atoms with Crippen LogP contribution in [0.4, 0.5) is 10.6 Å². The number of carbonyl (C=O) groups excluding carboxylic acids is 3. The van der Waals surface area contributed by atoms with Gasteiger partial charge in [-0.05, 0) is 60.6 Å². The van der Waals surface area contributed by atoms with Gasteiger partial charge in [0.1, 0.15) is 43.5 Å². The molecular weight excluding hydrogens is 1110 g/mol. The number of amides is 2. The fraction of sp³-hybridized carbons (Fsp3) is 0.353. The molecule has 10 rings (SSSR count). The lowest BCUT2D eigenvalue weighted by Crippen LogP contribution is -2.54. The lowest BCUT2D eigenvalue weighted by molar-refractivity contribution is -0.290. The number of ether oxygens (including phenoxy) is 10. The SMILES string of the molecule is CC(CCC(=O)OC(C)C(NC(=O)Nc1ncnc2c1ncn2C1OCC(OCc2ccccc2)C(OCc2ccccc2)C1OCc1ccccc1)C(=O)OCc1ccccc1)OC1OC(C)C(OCc2ccccc2)CC1OCc1ccccc1. The lowest BCUT2D eigenvalue weighted by Gasteiger charge is -2.42. The fourth-order valence-electron chi connectivity index (χ4n) is 10.3. The molecule has 2 saturated heterocycles. The Morgan fingerprint density at radius 1 is 0.586 bits per heavy atom. The van der Waals surface area contributed by atoms with Crippen LogP contribution in [0.1, 0.15) is 79.6 Å². The maximum atomic E-state index is 14.2. The highest BCUT2D eigenvalue weighted by Gasteiger charge is 2.45. The monoisotopic (exact) mass is 1180 g/mol. The Kier molecular flexibility index (Phi) is 22.3. The molecule has 0 aliphatic carbocycles. The number of anilines is 1. The predicted octanol–water partition coefficient (Wildman–Crippen LogP) is 10.8. The Morgan fingerprint density at radius 3 is 1.61 bits per heavy atom. The first-order valence-corrected chi connectivity index (χ1v) is 29.5. The molecule has 2 aliphatic heterocycles. The van der Waals surface area contributed by atoms with E-state index in [1.165, 1.54) is 13.3 Å². The molecule has 19 nitrogen and oxygen atoms in total. The first-order chi connectivity index (χ1) is 42.6. The summed E-state index contributed by atoms with van der Waals surface area (Å²) in [5.74, 6) is -1.46. The van der Waals surface area contributed by atoms with E-state index in [-0.39, 0.29) is 62.8 Å². The van der Waals surface area contributed by atoms with Crippen LogP contribution in [0.3, 0.4) is 0 Å². The lowest BCUT2D eigenvalue weighted by atomic mass is 10.0. The molecule has 2 N–H and O–H groups in total. The zero-order valence-corrected chi connectivity index (χ0v) is 49.0. The molecule has 454 valence electrons. The second kappa shape index (κ2) is 31.4. The van der Waals surface area contributed by atoms with E-state index in [0.29, 0.717) is 37.5 Å². The standard InChI is InChI=1S/C68H74N6O13/c1-46(85-67-56(79-38-50-24-12-5-13-25-50)36-55(47(2)87-67)78-37-49-22-10-4-11-23-49)34-35-58(75)86-48(3)59(66(76)84-42-54-32-20-9-21-33-54)72-68(77)73-63-60-64(70-44-69-63)74(45-71-60)65-62(82-41-53-30-18-8-19-31-53)61(81-40-52-28-16-7-17-29-52)57(43-83-65)80-39-51-26-14-6-15-27-51/h4-33,44-48,55-57,59,61-62,65,67H,34-43H2,1-3H3,(H2,69,70,72,73,77). The average Bonchev–Trinajstić information content (AvgIpc) is 2.43. The Bertz CT molecular complexity index is 3370. The van der Waals surface area contributed by atoms with Gasteiger partial charge in [-0.25, -0.2) is 24.5 Å². The molecule has 11 atom stereocenters. The number of nitrogens with one attached hydrogen (secondary N) is 2. The van der Waals surface area contributed by atoms with Crippen LogP contribution in [0.15, 0.2) is 195 Å². The van der Waals surface area contributed by atoms with Crippen molar-refractivity contribution >= 4 is 35.0 Å². The highest BCUT2D eigenvalue weighted by molar-refractivity contribution is 5.97. The summed E-state index contributed by atoms with van der Waals surface area (Å²) in [6.07, 6.45) is -2.82. The van der Waals surface area contributed by atoms with Crippen LogP contribution in [0, 0.1) is 0 Å². The fourth-order valence-corrected chi connectivity index (χ4v) is 10.3. The molecule has 2 fully saturated rings. The van der Waals surface area contributed by atoms with E-state index in [2.05, 4.69) is 25.6 Å². The number of hydrogen-bond donors (Lipinski definition) is 2. The summed E-state index contributed by atoms with van der Waals surface area (Å²) in [5, 5.41) is 5.42. The minimum absolute atomic E-state index is 0.0177. The number of aromatic nitrogens is 4. The average molecular weight is 1180 g/mol. The molecule has 0 saturated carbocycles. The van der Waals surface area contributed by atoms with Gasteiger partial charge in [-0.1, -0.05) is 182 Å². The topological polar surface area (TPSA) is 211 Å². The number of fused-ring (bicyclic) bond motifs is 1. The summed E-state index contributed by atoms with van der Waals surface area (Å²) in [4.78, 5) is 55.6. The molecule has 2 aliphatic rings. The smallest absolute Gasteiger partial charge is 0.332 e. The summed E-state index contributed by atoms with van der Waals surface area (Å²) in [7, 11) is 0. The minimum Gasteiger partial charge on any atom is -0.460 e. The van der Waals surface area contributed by atoms with Crippen LogP contribution in [0.2, 0.25) is 0 Å². The summed E-state index contributed by atoms with van der Waals surface area (Å²) in [6.45, 7) is 6.89. The Labute approximate surface area is 506 Å². The maximum absolute atomic E-state index is 14.2. The van der Waals surface area contributed by atoms with Gasteiger partial charge in [0.05, 0.1) is 64.3 Å². The van der Waals surface area contributed by atoms with Crippen molar-refractivity contribution in [1.29, 1.82) is 0 Å². The van der Waals surface area contributed by atoms with Gasteiger partial charge in [-0.2, -0.15) is 0 Å². The number of esters is 2. The molecule has 87 heavy (non-hydrogen) atoms. The zero-order valence-electron chi connectivity index (χ0n) is 49.0. The number of benzene rings is 6. The van der Waals surface area contributed by atoms with Gasteiger partial charge in [0, 0.05) is 12.8 Å². The van der Waals surface area contributed by atoms with Crippen molar-refractivity contribution in [3.05, 3.63) is 228 Å². The largest absolute Gasteiger partial charge is 0.460 e. The predicted molar refractivity (Wildman–Crippen MR) is 322 cm³/mol. The molecule has 19 heteroatoms. The molecule has 0 spiro atoms. The molecular formula is C68H74N6O13. The van der Waals surface area contributed by atoms with Gasteiger partial charge in [-0.3, -0.25) is 14.7 Å². The van der Waals surface area contributed by atoms with E-state index in [4.69, 9.17) is 47.4 Å². The van der Waals surface area contributed by atoms with Gasteiger partial charge in [0.15, 0.2) is 35.5 Å². The number of carbonyl (C=O) groups is 3. The normalized spacial score (nSPS) is 21.3. The van der Waals surface area contributed by atoms with Gasteiger partial charge in [-0.15, -0.1) is 0 Å². The number of hydrogen-bond acceptors (Lipinski definition) is 16. The van der Waals surface area contributed by atoms with Crippen LogP contribution >= 0.6 is 0 Å². The van der Waals surface area contributed by atoms with Crippen LogP contribution in [-0.2, 0) is 96.6 Å². The molecule has 2 amide bonds. The molecule has 0 radical (unpaired) electrons. The molecule has 0 bridgehead atoms. The Hall–Kier alpha value is -8.24. The van der Waals surface area contributed by atoms with Crippen molar-refractivity contribution in [3.8, 4) is 0 Å². The Balaban J connectivity index is 0.810. The summed E-state index contributed by atoms with van der Waals surface area (Å²) in [5.41, 5.74) is 6.17. The number of urea groups is 1. The molecule has 11 unspecified atom stereocenters. The van der Waals surface area contributed by atoms with Gasteiger partial charge >= 0.3 is 18.0 Å². The third kappa shape index (κ3) is 17.7. The van der Waals surface area contributed by atoms with E-state index in [1.807, 2.05) is 184 Å². The Morgan fingerprint density at radius 2 is 1.07 bits per heavy atom. The van der Waals surface area contributed by atoms with Gasteiger partial charge in [0.25, 0.3) is 0 Å². The number of imidazole rings is 1. The third-order valence-corrected chi connectivity index (χ3v) is 15.1. The molecule has 8 aromatic rings. The minimum atomic E-state index is -1.47. The van der Waals surface area contributed by atoms with Crippen molar-refractivity contribution in [3.63, 3.8) is 0 Å². The van der Waals surface area contributed by atoms with Crippen molar-refractivity contribution in [2.24, 2.45) is 0 Å². The number of rotatable bonds is 28. The van der Waals surface area contributed by atoms with Crippen molar-refractivity contribution in [1.82, 2.24) is 24.8 Å². The summed E-state index contributed by atoms with van der Waals surface area (Å²) in [6, 6.07) is 56.1. The number of nitrogens with zero attached hydrogens (tertiary/aromatic N) is 4. The third-order valence-electron chi connectivity index (χ3n) is 15.1. The van der Waals surface area contributed by atoms with Crippen LogP contribution in [0.25, 0.3) is 11.2 Å². The van der Waals surface area contributed by atoms with E-state index in [1.54, 1.807) is 23.0 Å². The van der Waals surface area contributed by atoms with E-state index < -0.39 is 73.2 Å². The van der Waals surface area contributed by atoms with Gasteiger partial charge in [0.2, 0.25) is 0 Å². The highest BCUT2D eigenvalue weighted by atomic mass is 16.7. The van der Waals surface area contributed by atoms with Gasteiger partial charge < -0.3 is 52.7 Å². The maximum Gasteiger partial charge on any atom is 0.332 e. The summed E-state index contributed by atoms with van der Waals surface area (Å²) >= 11 is 0. The van der Waals surface area contributed by atoms with Crippen LogP contribution in [0.5, 0.6) is 0 Å². The first kappa shape index (κ1) is 61.8. The van der Waals surface area contributed by atoms with E-state index >= 15 is 0 Å². The van der Waals surface area contributed by atoms with E-state index in [9.17, 15) is 14.4 Å². The summed E-state index contributed by atoms with van der Waals surface area (Å²) < 4.78 is 65.8. The highest BCUT2D eigenvalue weighted by Crippen LogP contribution is 2.35. The second-order valence-electron chi connectivity index (χ2n) is 21.6. The first-order valence-electron chi connectivity index (χ1n) is 29.5. The van der Waals surface area contributed by atoms with Crippen molar-refractivity contribution in [2.75, 3.05) is 11.9 Å². The van der Waals surface area contributed by atoms with E-state index in [0.717, 1.165) is 27.8 Å². The van der Waals surface area contributed by atoms with Crippen LogP contribution in [-0.4, -0.2) is 105 Å². The molecule has 4 heterocycles. The molecule has 2 aromatic heterocycles. The van der Waals surface area contributed by atoms with Crippen molar-refractivity contribution in [2.45, 2.75) is 147 Å². The van der Waals surface area contributed by atoms with Crippen molar-refractivity contribution < 1.29 is 61.8 Å². The second-order valence-corrected chi connectivity index (χ2v) is 21.6.